The topological polar surface area (TPSA) is 117 Å². The van der Waals surface area contributed by atoms with Gasteiger partial charge < -0.3 is 24.1 Å². The predicted octanol–water partition coefficient (Wildman–Crippen LogP) is 2.70. The molecule has 0 bridgehead atoms. The number of ether oxygens (including phenoxy) is 3. The van der Waals surface area contributed by atoms with Gasteiger partial charge in [0.1, 0.15) is 18.1 Å². The summed E-state index contributed by atoms with van der Waals surface area (Å²) >= 11 is 2.51. The van der Waals surface area contributed by atoms with Crippen LogP contribution in [0.5, 0.6) is 11.5 Å². The molecule has 0 aliphatic heterocycles. The van der Waals surface area contributed by atoms with Crippen molar-refractivity contribution in [1.82, 2.24) is 19.7 Å². The van der Waals surface area contributed by atoms with E-state index in [-0.39, 0.29) is 30.7 Å². The van der Waals surface area contributed by atoms with Gasteiger partial charge >= 0.3 is 5.97 Å². The maximum atomic E-state index is 12.3. The minimum atomic E-state index is -0.347. The first-order chi connectivity index (χ1) is 15.5. The molecule has 0 saturated carbocycles. The number of hydrogen-bond acceptors (Lipinski definition) is 10. The molecule has 2 heterocycles. The molecule has 0 unspecified atom stereocenters. The monoisotopic (exact) mass is 477 g/mol. The van der Waals surface area contributed by atoms with Gasteiger partial charge in [-0.05, 0) is 31.2 Å². The second-order valence-corrected chi connectivity index (χ2v) is 8.19. The number of aromatic nitrogens is 4. The van der Waals surface area contributed by atoms with Crippen LogP contribution in [-0.2, 0) is 34.4 Å². The number of benzene rings is 1. The first-order valence-corrected chi connectivity index (χ1v) is 11.5. The van der Waals surface area contributed by atoms with Gasteiger partial charge in [-0.25, -0.2) is 4.98 Å². The smallest absolute Gasteiger partial charge is 0.311 e. The number of esters is 1. The summed E-state index contributed by atoms with van der Waals surface area (Å²) in [5.74, 6) is 1.63. The number of thiazole rings is 1. The molecule has 1 aromatic carbocycles. The second-order valence-electron chi connectivity index (χ2n) is 6.38. The van der Waals surface area contributed by atoms with Gasteiger partial charge in [0.2, 0.25) is 5.91 Å². The summed E-state index contributed by atoms with van der Waals surface area (Å²) in [6.45, 7) is 2.31. The van der Waals surface area contributed by atoms with Crippen LogP contribution in [0.3, 0.4) is 0 Å². The standard InChI is InChI=1S/C20H23N5O5S2/c1-4-29-18(27)9-13-11-31-19(21-13)22-17(26)12-32-20-24-23-16(25(20)2)10-30-15-7-5-14(28-3)6-8-15/h5-8,11H,4,9-10,12H2,1-3H3,(H,21,22,26). The van der Waals surface area contributed by atoms with E-state index in [9.17, 15) is 9.59 Å². The van der Waals surface area contributed by atoms with Crippen molar-refractivity contribution in [2.45, 2.75) is 25.1 Å². The summed E-state index contributed by atoms with van der Waals surface area (Å²) in [6.07, 6.45) is 0.0786. The third-order valence-electron chi connectivity index (χ3n) is 4.11. The van der Waals surface area contributed by atoms with E-state index in [1.165, 1.54) is 23.1 Å². The van der Waals surface area contributed by atoms with E-state index >= 15 is 0 Å². The minimum absolute atomic E-state index is 0.0786. The highest BCUT2D eigenvalue weighted by molar-refractivity contribution is 7.99. The molecule has 1 amide bonds. The lowest BCUT2D eigenvalue weighted by molar-refractivity contribution is -0.142. The van der Waals surface area contributed by atoms with Crippen LogP contribution in [-0.4, -0.2) is 51.1 Å². The molecule has 0 fully saturated rings. The van der Waals surface area contributed by atoms with Crippen LogP contribution in [0.4, 0.5) is 5.13 Å². The second kappa shape index (κ2) is 11.5. The van der Waals surface area contributed by atoms with Gasteiger partial charge in [-0.3, -0.25) is 9.59 Å². The van der Waals surface area contributed by atoms with E-state index in [0.717, 1.165) is 5.75 Å². The van der Waals surface area contributed by atoms with Gasteiger partial charge in [0.15, 0.2) is 16.1 Å². The molecule has 2 aromatic heterocycles. The van der Waals surface area contributed by atoms with Crippen molar-refractivity contribution < 1.29 is 23.8 Å². The number of hydrogen-bond donors (Lipinski definition) is 1. The van der Waals surface area contributed by atoms with Crippen molar-refractivity contribution in [3.8, 4) is 11.5 Å². The average Bonchev–Trinajstić information content (AvgIpc) is 3.37. The average molecular weight is 478 g/mol. The number of anilines is 1. The Morgan fingerprint density at radius 3 is 2.66 bits per heavy atom. The van der Waals surface area contributed by atoms with Gasteiger partial charge in [-0.2, -0.15) is 0 Å². The Bertz CT molecular complexity index is 1050. The number of thioether (sulfide) groups is 1. The van der Waals surface area contributed by atoms with Crippen molar-refractivity contribution in [2.24, 2.45) is 7.05 Å². The Morgan fingerprint density at radius 2 is 1.94 bits per heavy atom. The molecule has 3 rings (SSSR count). The van der Waals surface area contributed by atoms with Crippen molar-refractivity contribution in [3.63, 3.8) is 0 Å². The van der Waals surface area contributed by atoms with E-state index in [1.807, 2.05) is 31.3 Å². The summed E-state index contributed by atoms with van der Waals surface area (Å²) < 4.78 is 17.5. The van der Waals surface area contributed by atoms with Gasteiger partial charge in [-0.15, -0.1) is 21.5 Å². The molecular formula is C20H23N5O5S2. The zero-order valence-corrected chi connectivity index (χ0v) is 19.5. The predicted molar refractivity (Wildman–Crippen MR) is 120 cm³/mol. The van der Waals surface area contributed by atoms with Crippen LogP contribution in [0.1, 0.15) is 18.4 Å². The lowest BCUT2D eigenvalue weighted by Gasteiger charge is -2.07. The van der Waals surface area contributed by atoms with Gasteiger partial charge in [0.25, 0.3) is 0 Å². The highest BCUT2D eigenvalue weighted by atomic mass is 32.2. The van der Waals surface area contributed by atoms with Crippen LogP contribution in [0, 0.1) is 0 Å². The molecule has 1 N–H and O–H groups in total. The molecule has 170 valence electrons. The lowest BCUT2D eigenvalue weighted by atomic mass is 10.3. The summed E-state index contributed by atoms with van der Waals surface area (Å²) in [6, 6.07) is 7.25. The first-order valence-electron chi connectivity index (χ1n) is 9.66. The number of rotatable bonds is 11. The Morgan fingerprint density at radius 1 is 1.19 bits per heavy atom. The molecule has 0 atom stereocenters. The van der Waals surface area contributed by atoms with Crippen LogP contribution in [0.15, 0.2) is 34.8 Å². The summed E-state index contributed by atoms with van der Waals surface area (Å²) in [5.41, 5.74) is 0.561. The molecule has 3 aromatic rings. The Hall–Kier alpha value is -3.12. The number of methoxy groups -OCH3 is 1. The molecule has 10 nitrogen and oxygen atoms in total. The molecule has 12 heteroatoms. The lowest BCUT2D eigenvalue weighted by Crippen LogP contribution is -2.15. The summed E-state index contributed by atoms with van der Waals surface area (Å²) in [5, 5.41) is 13.7. The minimum Gasteiger partial charge on any atom is -0.497 e. The van der Waals surface area contributed by atoms with Crippen molar-refractivity contribution in [3.05, 3.63) is 41.2 Å². The third kappa shape index (κ3) is 6.69. The summed E-state index contributed by atoms with van der Waals surface area (Å²) in [7, 11) is 3.42. The van der Waals surface area contributed by atoms with Gasteiger partial charge in [-0.1, -0.05) is 11.8 Å². The third-order valence-corrected chi connectivity index (χ3v) is 5.94. The highest BCUT2D eigenvalue weighted by Gasteiger charge is 2.14. The van der Waals surface area contributed by atoms with Gasteiger partial charge in [0.05, 0.1) is 31.6 Å². The SMILES string of the molecule is CCOC(=O)Cc1csc(NC(=O)CSc2nnc(COc3ccc(OC)cc3)n2C)n1. The van der Waals surface area contributed by atoms with Crippen LogP contribution >= 0.6 is 23.1 Å². The zero-order chi connectivity index (χ0) is 22.9. The molecule has 0 aliphatic rings. The van der Waals surface area contributed by atoms with Crippen molar-refractivity contribution in [2.75, 3.05) is 24.8 Å². The quantitative estimate of drug-likeness (QED) is 0.328. The number of amides is 1. The van der Waals surface area contributed by atoms with Crippen molar-refractivity contribution >= 4 is 40.1 Å². The zero-order valence-electron chi connectivity index (χ0n) is 17.9. The Balaban J connectivity index is 1.46. The van der Waals surface area contributed by atoms with E-state index in [1.54, 1.807) is 24.0 Å². The highest BCUT2D eigenvalue weighted by Crippen LogP contribution is 2.21. The molecule has 0 radical (unpaired) electrons. The fraction of sp³-hybridized carbons (Fsp3) is 0.350. The fourth-order valence-corrected chi connectivity index (χ4v) is 3.96. The number of carbonyl (C=O) groups excluding carboxylic acids is 2. The first kappa shape index (κ1) is 23.5. The molecule has 32 heavy (non-hydrogen) atoms. The molecular weight excluding hydrogens is 454 g/mol. The van der Waals surface area contributed by atoms with Gasteiger partial charge in [0, 0.05) is 12.4 Å². The molecule has 0 saturated heterocycles. The molecule has 0 spiro atoms. The van der Waals surface area contributed by atoms with E-state index < -0.39 is 0 Å². The number of carbonyl (C=O) groups is 2. The van der Waals surface area contributed by atoms with E-state index in [4.69, 9.17) is 14.2 Å². The normalized spacial score (nSPS) is 10.6. The van der Waals surface area contributed by atoms with Crippen LogP contribution < -0.4 is 14.8 Å². The van der Waals surface area contributed by atoms with Crippen LogP contribution in [0.25, 0.3) is 0 Å². The van der Waals surface area contributed by atoms with E-state index in [2.05, 4.69) is 20.5 Å². The maximum absolute atomic E-state index is 12.3. The largest absolute Gasteiger partial charge is 0.497 e. The van der Waals surface area contributed by atoms with Crippen LogP contribution in [0.2, 0.25) is 0 Å². The van der Waals surface area contributed by atoms with Crippen molar-refractivity contribution in [1.29, 1.82) is 0 Å². The number of nitrogens with zero attached hydrogens (tertiary/aromatic N) is 4. The molecule has 0 aliphatic carbocycles. The number of nitrogens with one attached hydrogen (secondary N) is 1. The summed E-state index contributed by atoms with van der Waals surface area (Å²) in [4.78, 5) is 28.0. The Kier molecular flexibility index (Phi) is 8.45. The van der Waals surface area contributed by atoms with E-state index in [0.29, 0.717) is 34.2 Å². The fourth-order valence-electron chi connectivity index (χ4n) is 2.51. The Labute approximate surface area is 193 Å². The maximum Gasteiger partial charge on any atom is 0.311 e.